The molecule has 1 aromatic carbocycles. The number of halogens is 2. The molecule has 2 aliphatic rings. The van der Waals surface area contributed by atoms with Crippen LogP contribution in [0.15, 0.2) is 36.5 Å². The smallest absolute Gasteiger partial charge is 0.224 e. The maximum absolute atomic E-state index is 13.6. The van der Waals surface area contributed by atoms with Crippen LogP contribution < -0.4 is 15.5 Å². The van der Waals surface area contributed by atoms with Crippen LogP contribution in [-0.2, 0) is 4.79 Å². The third kappa shape index (κ3) is 5.91. The number of β-amino-alcohol motifs (C(OH)–C–C–N with tert-alkyl or cyclic N) is 1. The Kier molecular flexibility index (Phi) is 7.58. The molecule has 10 nitrogen and oxygen atoms in total. The number of nitrogen functional groups attached to an aromatic ring is 1. The molecule has 4 heterocycles. The minimum atomic E-state index is -0.617. The number of benzene rings is 1. The molecule has 2 atom stereocenters. The van der Waals surface area contributed by atoms with Crippen LogP contribution in [0.2, 0.25) is 0 Å². The van der Waals surface area contributed by atoms with E-state index in [-0.39, 0.29) is 11.7 Å². The van der Waals surface area contributed by atoms with Crippen molar-refractivity contribution in [2.24, 2.45) is 0 Å². The van der Waals surface area contributed by atoms with Gasteiger partial charge < -0.3 is 20.6 Å². The summed E-state index contributed by atoms with van der Waals surface area (Å²) in [7, 11) is 0. The zero-order valence-corrected chi connectivity index (χ0v) is 22.0. The van der Waals surface area contributed by atoms with E-state index in [4.69, 9.17) is 5.73 Å². The van der Waals surface area contributed by atoms with Crippen molar-refractivity contribution in [3.63, 3.8) is 0 Å². The Morgan fingerprint density at radius 2 is 1.79 bits per heavy atom. The fraction of sp³-hybridized carbons (Fsp3) is 0.407. The van der Waals surface area contributed by atoms with Gasteiger partial charge in [0.15, 0.2) is 11.6 Å². The summed E-state index contributed by atoms with van der Waals surface area (Å²) in [5, 5.41) is 14.6. The zero-order chi connectivity index (χ0) is 27.7. The first kappa shape index (κ1) is 26.7. The van der Waals surface area contributed by atoms with E-state index in [0.717, 1.165) is 37.0 Å². The SMILES string of the molecule is CC(=O)[C@@H]1C[C@@H](O)CN1c1cc(-n2ncc(/C=C/CN3CCN(c4cc(F)cc(F)c4)CC3)c2C)nc(N)n1. The fourth-order valence-electron chi connectivity index (χ4n) is 5.20. The molecule has 0 aliphatic carbocycles. The monoisotopic (exact) mass is 538 g/mol. The van der Waals surface area contributed by atoms with Crippen molar-refractivity contribution in [2.45, 2.75) is 32.4 Å². The summed E-state index contributed by atoms with van der Waals surface area (Å²) in [5.41, 5.74) is 8.35. The average Bonchev–Trinajstić information content (AvgIpc) is 3.46. The number of hydrogen-bond acceptors (Lipinski definition) is 9. The van der Waals surface area contributed by atoms with Crippen LogP contribution >= 0.6 is 0 Å². The number of rotatable bonds is 7. The Bertz CT molecular complexity index is 1370. The molecule has 2 fully saturated rings. The lowest BCUT2D eigenvalue weighted by Gasteiger charge is -2.35. The number of hydrogen-bond donors (Lipinski definition) is 2. The van der Waals surface area contributed by atoms with Crippen LogP contribution in [0.25, 0.3) is 11.9 Å². The molecule has 0 saturated carbocycles. The number of Topliss-reactive ketones (excluding diaryl/α,β-unsaturated/α-hetero) is 1. The molecule has 0 radical (unpaired) electrons. The van der Waals surface area contributed by atoms with E-state index in [2.05, 4.69) is 26.0 Å². The van der Waals surface area contributed by atoms with Gasteiger partial charge in [-0.1, -0.05) is 12.2 Å². The van der Waals surface area contributed by atoms with Crippen LogP contribution in [0.1, 0.15) is 24.6 Å². The lowest BCUT2D eigenvalue weighted by atomic mass is 10.1. The second kappa shape index (κ2) is 11.1. The average molecular weight is 539 g/mol. The lowest BCUT2D eigenvalue weighted by Crippen LogP contribution is -2.46. The Morgan fingerprint density at radius 3 is 2.49 bits per heavy atom. The Labute approximate surface area is 225 Å². The maximum atomic E-state index is 13.6. The van der Waals surface area contributed by atoms with Gasteiger partial charge in [0.1, 0.15) is 17.5 Å². The number of anilines is 3. The van der Waals surface area contributed by atoms with E-state index >= 15 is 0 Å². The van der Waals surface area contributed by atoms with Crippen molar-refractivity contribution in [3.8, 4) is 5.82 Å². The number of aliphatic hydroxyl groups excluding tert-OH is 1. The summed E-state index contributed by atoms with van der Waals surface area (Å²) in [6.07, 6.45) is 5.55. The quantitative estimate of drug-likeness (QED) is 0.467. The third-order valence-electron chi connectivity index (χ3n) is 7.27. The van der Waals surface area contributed by atoms with Gasteiger partial charge in [0, 0.05) is 69.1 Å². The van der Waals surface area contributed by atoms with Crippen LogP contribution in [0.3, 0.4) is 0 Å². The van der Waals surface area contributed by atoms with Crippen molar-refractivity contribution in [1.29, 1.82) is 0 Å². The molecule has 0 unspecified atom stereocenters. The van der Waals surface area contributed by atoms with Crippen molar-refractivity contribution in [2.75, 3.05) is 54.8 Å². The molecule has 0 bridgehead atoms. The number of carbonyl (C=O) groups excluding carboxylic acids is 1. The summed E-state index contributed by atoms with van der Waals surface area (Å²) < 4.78 is 28.8. The standard InChI is InChI=1S/C27H32F2N8O2/c1-17-19(4-3-5-34-6-8-35(9-7-34)22-11-20(28)10-21(29)12-22)15-31-37(17)26-14-25(32-27(30)33-26)36-16-23(39)13-24(36)18(2)38/h3-4,10-12,14-15,23-24,39H,5-9,13,16H2,1-2H3,(H2,30,32,33)/b4-3+/t23-,24+/m1/s1. The summed E-state index contributed by atoms with van der Waals surface area (Å²) >= 11 is 0. The minimum Gasteiger partial charge on any atom is -0.391 e. The number of ketones is 1. The van der Waals surface area contributed by atoms with Gasteiger partial charge in [-0.15, -0.1) is 0 Å². The highest BCUT2D eigenvalue weighted by molar-refractivity contribution is 5.85. The molecule has 39 heavy (non-hydrogen) atoms. The molecular formula is C27H32F2N8O2. The van der Waals surface area contributed by atoms with Gasteiger partial charge in [-0.2, -0.15) is 15.1 Å². The van der Waals surface area contributed by atoms with Gasteiger partial charge in [-0.25, -0.2) is 13.5 Å². The topological polar surface area (TPSA) is 117 Å². The summed E-state index contributed by atoms with van der Waals surface area (Å²) in [5.74, 6) is -0.176. The van der Waals surface area contributed by atoms with E-state index in [1.165, 1.54) is 19.1 Å². The normalized spacial score (nSPS) is 20.3. The number of aliphatic hydroxyl groups is 1. The van der Waals surface area contributed by atoms with Gasteiger partial charge >= 0.3 is 0 Å². The Balaban J connectivity index is 1.24. The summed E-state index contributed by atoms with van der Waals surface area (Å²) in [6, 6.07) is 4.88. The van der Waals surface area contributed by atoms with E-state index in [0.29, 0.717) is 43.4 Å². The highest BCUT2D eigenvalue weighted by Crippen LogP contribution is 2.27. The molecule has 2 aromatic heterocycles. The molecule has 2 saturated heterocycles. The van der Waals surface area contributed by atoms with E-state index in [1.807, 2.05) is 17.9 Å². The van der Waals surface area contributed by atoms with E-state index in [9.17, 15) is 18.7 Å². The van der Waals surface area contributed by atoms with Gasteiger partial charge in [0.05, 0.1) is 24.0 Å². The Morgan fingerprint density at radius 1 is 1.10 bits per heavy atom. The molecule has 5 rings (SSSR count). The number of carbonyl (C=O) groups is 1. The number of nitrogens with zero attached hydrogens (tertiary/aromatic N) is 7. The number of nitrogens with two attached hydrogens (primary N) is 1. The first-order valence-electron chi connectivity index (χ1n) is 12.9. The van der Waals surface area contributed by atoms with Gasteiger partial charge in [-0.05, 0) is 26.0 Å². The van der Waals surface area contributed by atoms with E-state index in [1.54, 1.807) is 21.8 Å². The zero-order valence-electron chi connectivity index (χ0n) is 22.0. The molecule has 3 aromatic rings. The predicted molar refractivity (Wildman–Crippen MR) is 145 cm³/mol. The molecule has 12 heteroatoms. The van der Waals surface area contributed by atoms with Crippen LogP contribution in [0.4, 0.5) is 26.2 Å². The molecule has 2 aliphatic heterocycles. The molecule has 206 valence electrons. The highest BCUT2D eigenvalue weighted by Gasteiger charge is 2.35. The summed E-state index contributed by atoms with van der Waals surface area (Å²) in [6.45, 7) is 7.37. The van der Waals surface area contributed by atoms with Crippen molar-refractivity contribution < 1.29 is 18.7 Å². The molecule has 0 amide bonds. The predicted octanol–water partition coefficient (Wildman–Crippen LogP) is 2.20. The van der Waals surface area contributed by atoms with Crippen molar-refractivity contribution in [3.05, 3.63) is 59.4 Å². The van der Waals surface area contributed by atoms with Crippen LogP contribution in [0, 0.1) is 18.6 Å². The van der Waals surface area contributed by atoms with Gasteiger partial charge in [0.25, 0.3) is 0 Å². The Hall–Kier alpha value is -3.90. The van der Waals surface area contributed by atoms with Crippen LogP contribution in [0.5, 0.6) is 0 Å². The first-order valence-corrected chi connectivity index (χ1v) is 12.9. The lowest BCUT2D eigenvalue weighted by molar-refractivity contribution is -0.118. The fourth-order valence-corrected chi connectivity index (χ4v) is 5.20. The highest BCUT2D eigenvalue weighted by atomic mass is 19.1. The largest absolute Gasteiger partial charge is 0.391 e. The number of aromatic nitrogens is 4. The minimum absolute atomic E-state index is 0.0442. The van der Waals surface area contributed by atoms with E-state index < -0.39 is 23.8 Å². The second-order valence-electron chi connectivity index (χ2n) is 10.0. The number of piperazine rings is 1. The molecular weight excluding hydrogens is 506 g/mol. The van der Waals surface area contributed by atoms with Gasteiger partial charge in [0.2, 0.25) is 5.95 Å². The third-order valence-corrected chi connectivity index (χ3v) is 7.27. The maximum Gasteiger partial charge on any atom is 0.224 e. The summed E-state index contributed by atoms with van der Waals surface area (Å²) in [4.78, 5) is 26.8. The van der Waals surface area contributed by atoms with Crippen molar-refractivity contribution >= 4 is 29.3 Å². The molecule has 3 N–H and O–H groups in total. The first-order chi connectivity index (χ1) is 18.7. The van der Waals surface area contributed by atoms with Crippen molar-refractivity contribution in [1.82, 2.24) is 24.6 Å². The van der Waals surface area contributed by atoms with Gasteiger partial charge in [-0.3, -0.25) is 9.69 Å². The molecule has 0 spiro atoms. The van der Waals surface area contributed by atoms with Crippen LogP contribution in [-0.4, -0.2) is 87.0 Å². The second-order valence-corrected chi connectivity index (χ2v) is 10.0.